The third-order valence-electron chi connectivity index (χ3n) is 3.72. The van der Waals surface area contributed by atoms with Crippen molar-refractivity contribution >= 4 is 23.6 Å². The number of amides is 1. The van der Waals surface area contributed by atoms with Crippen molar-refractivity contribution in [2.24, 2.45) is 0 Å². The van der Waals surface area contributed by atoms with Crippen molar-refractivity contribution in [2.75, 3.05) is 57.5 Å². The number of hydrogen-bond donors (Lipinski definition) is 0. The highest BCUT2D eigenvalue weighted by molar-refractivity contribution is 7.99. The molecule has 2 heterocycles. The van der Waals surface area contributed by atoms with Crippen LogP contribution in [0, 0.1) is 0 Å². The molecule has 1 atom stereocenters. The first kappa shape index (κ1) is 16.6. The van der Waals surface area contributed by atoms with Gasteiger partial charge in [0, 0.05) is 31.9 Å². The van der Waals surface area contributed by atoms with E-state index in [1.807, 2.05) is 11.8 Å². The van der Waals surface area contributed by atoms with Crippen molar-refractivity contribution < 1.29 is 19.1 Å². The molecule has 6 nitrogen and oxygen atoms in total. The van der Waals surface area contributed by atoms with E-state index in [-0.39, 0.29) is 12.6 Å². The fourth-order valence-electron chi connectivity index (χ4n) is 2.64. The van der Waals surface area contributed by atoms with Crippen LogP contribution in [0.15, 0.2) is 0 Å². The van der Waals surface area contributed by atoms with Gasteiger partial charge in [-0.05, 0) is 19.1 Å². The normalized spacial score (nSPS) is 24.4. The molecule has 2 aliphatic heterocycles. The summed E-state index contributed by atoms with van der Waals surface area (Å²) in [6, 6.07) is 0.0764. The lowest BCUT2D eigenvalue weighted by atomic mass is 10.2. The van der Waals surface area contributed by atoms with Gasteiger partial charge >= 0.3 is 11.9 Å². The van der Waals surface area contributed by atoms with Gasteiger partial charge in [0.25, 0.3) is 0 Å². The summed E-state index contributed by atoms with van der Waals surface area (Å²) < 4.78 is 10.2. The average Bonchev–Trinajstić information content (AvgIpc) is 2.73. The molecule has 1 unspecified atom stereocenters. The number of carbonyl (C=O) groups excluding carboxylic acids is 2. The van der Waals surface area contributed by atoms with Crippen molar-refractivity contribution in [3.05, 3.63) is 0 Å². The molecule has 21 heavy (non-hydrogen) atoms. The maximum absolute atomic E-state index is 12.3. The molecule has 0 aromatic rings. The zero-order chi connectivity index (χ0) is 15.1. The van der Waals surface area contributed by atoms with E-state index < -0.39 is 11.9 Å². The lowest BCUT2D eigenvalue weighted by Gasteiger charge is -2.35. The summed E-state index contributed by atoms with van der Waals surface area (Å²) in [5.41, 5.74) is 0. The van der Waals surface area contributed by atoms with E-state index in [0.29, 0.717) is 6.54 Å². The van der Waals surface area contributed by atoms with E-state index in [4.69, 9.17) is 9.47 Å². The smallest absolute Gasteiger partial charge is 0.397 e. The van der Waals surface area contributed by atoms with Gasteiger partial charge in [-0.3, -0.25) is 9.69 Å². The number of nitrogens with zero attached hydrogens (tertiary/aromatic N) is 2. The number of carbonyl (C=O) groups is 2. The number of thioether (sulfide) groups is 1. The molecule has 2 aliphatic rings. The van der Waals surface area contributed by atoms with E-state index in [1.54, 1.807) is 11.8 Å². The highest BCUT2D eigenvalue weighted by Gasteiger charge is 2.32. The molecule has 120 valence electrons. The fraction of sp³-hybridized carbons (Fsp3) is 0.857. The van der Waals surface area contributed by atoms with Crippen LogP contribution in [-0.2, 0) is 19.1 Å². The van der Waals surface area contributed by atoms with Gasteiger partial charge < -0.3 is 14.4 Å². The predicted molar refractivity (Wildman–Crippen MR) is 81.3 cm³/mol. The Morgan fingerprint density at radius 3 is 2.76 bits per heavy atom. The Morgan fingerprint density at radius 2 is 2.05 bits per heavy atom. The average molecular weight is 316 g/mol. The first-order valence-corrected chi connectivity index (χ1v) is 8.73. The van der Waals surface area contributed by atoms with E-state index in [0.717, 1.165) is 50.8 Å². The van der Waals surface area contributed by atoms with Crippen LogP contribution in [0.4, 0.5) is 0 Å². The van der Waals surface area contributed by atoms with Crippen LogP contribution in [0.2, 0.25) is 0 Å². The number of hydrogen-bond acceptors (Lipinski definition) is 6. The monoisotopic (exact) mass is 316 g/mol. The molecule has 7 heteroatoms. The van der Waals surface area contributed by atoms with Crippen LogP contribution in [0.3, 0.4) is 0 Å². The van der Waals surface area contributed by atoms with Crippen LogP contribution in [0.25, 0.3) is 0 Å². The summed E-state index contributed by atoms with van der Waals surface area (Å²) in [5.74, 6) is 0.698. The summed E-state index contributed by atoms with van der Waals surface area (Å²) in [5, 5.41) is 0. The highest BCUT2D eigenvalue weighted by Crippen LogP contribution is 2.18. The van der Waals surface area contributed by atoms with Gasteiger partial charge in [-0.2, -0.15) is 11.8 Å². The van der Waals surface area contributed by atoms with Crippen LogP contribution in [-0.4, -0.2) is 85.2 Å². The predicted octanol–water partition coefficient (Wildman–Crippen LogP) is 0.216. The number of ether oxygens (including phenoxy) is 2. The Balaban J connectivity index is 1.99. The van der Waals surface area contributed by atoms with E-state index in [9.17, 15) is 9.59 Å². The van der Waals surface area contributed by atoms with Gasteiger partial charge in [0.2, 0.25) is 0 Å². The molecular formula is C14H24N2O4S. The van der Waals surface area contributed by atoms with Gasteiger partial charge in [0.15, 0.2) is 0 Å². The zero-order valence-electron chi connectivity index (χ0n) is 12.6. The molecule has 2 fully saturated rings. The minimum atomic E-state index is -0.726. The van der Waals surface area contributed by atoms with Gasteiger partial charge in [-0.15, -0.1) is 0 Å². The highest BCUT2D eigenvalue weighted by atomic mass is 32.2. The quantitative estimate of drug-likeness (QED) is 0.548. The largest absolute Gasteiger partial charge is 0.459 e. The molecule has 0 N–H and O–H groups in total. The maximum atomic E-state index is 12.3. The van der Waals surface area contributed by atoms with Crippen molar-refractivity contribution in [1.82, 2.24) is 9.80 Å². The van der Waals surface area contributed by atoms with Gasteiger partial charge in [0.1, 0.15) is 0 Å². The summed E-state index contributed by atoms with van der Waals surface area (Å²) in [6.45, 7) is 6.67. The minimum absolute atomic E-state index is 0.0764. The topological polar surface area (TPSA) is 59.1 Å². The number of rotatable bonds is 3. The second-order valence-electron chi connectivity index (χ2n) is 5.21. The SMILES string of the molecule is CCOC(=O)C(=O)N1CCCSCC1CN1CCOCC1. The molecule has 0 bridgehead atoms. The van der Waals surface area contributed by atoms with Gasteiger partial charge in [-0.1, -0.05) is 0 Å². The second-order valence-corrected chi connectivity index (χ2v) is 6.36. The third kappa shape index (κ3) is 4.86. The standard InChI is InChI=1S/C14H24N2O4S/c1-2-20-14(18)13(17)16-4-3-9-21-11-12(16)10-15-5-7-19-8-6-15/h12H,2-11H2,1H3. The third-order valence-corrected chi connectivity index (χ3v) is 4.92. The Hall–Kier alpha value is -0.790. The van der Waals surface area contributed by atoms with E-state index >= 15 is 0 Å². The van der Waals surface area contributed by atoms with Crippen molar-refractivity contribution in [1.29, 1.82) is 0 Å². The molecule has 0 aliphatic carbocycles. The molecule has 0 aromatic heterocycles. The zero-order valence-corrected chi connectivity index (χ0v) is 13.4. The Kier molecular flexibility index (Phi) is 6.79. The van der Waals surface area contributed by atoms with E-state index in [1.165, 1.54) is 0 Å². The van der Waals surface area contributed by atoms with Crippen LogP contribution < -0.4 is 0 Å². The molecular weight excluding hydrogens is 292 g/mol. The van der Waals surface area contributed by atoms with Gasteiger partial charge in [0.05, 0.1) is 25.9 Å². The van der Waals surface area contributed by atoms with E-state index in [2.05, 4.69) is 4.90 Å². The molecule has 0 saturated carbocycles. The Morgan fingerprint density at radius 1 is 1.29 bits per heavy atom. The molecule has 0 aromatic carbocycles. The Labute approximate surface area is 130 Å². The van der Waals surface area contributed by atoms with Crippen molar-refractivity contribution in [3.8, 4) is 0 Å². The molecule has 1 amide bonds. The summed E-state index contributed by atoms with van der Waals surface area (Å²) in [4.78, 5) is 28.1. The summed E-state index contributed by atoms with van der Waals surface area (Å²) in [7, 11) is 0. The van der Waals surface area contributed by atoms with Crippen molar-refractivity contribution in [2.45, 2.75) is 19.4 Å². The second kappa shape index (κ2) is 8.60. The van der Waals surface area contributed by atoms with Gasteiger partial charge in [-0.25, -0.2) is 4.79 Å². The fourth-order valence-corrected chi connectivity index (χ4v) is 3.70. The Bertz CT molecular complexity index is 361. The van der Waals surface area contributed by atoms with Crippen molar-refractivity contribution in [3.63, 3.8) is 0 Å². The summed E-state index contributed by atoms with van der Waals surface area (Å²) >= 11 is 1.85. The number of esters is 1. The molecule has 2 rings (SSSR count). The van der Waals surface area contributed by atoms with Crippen LogP contribution in [0.5, 0.6) is 0 Å². The first-order valence-electron chi connectivity index (χ1n) is 7.58. The lowest BCUT2D eigenvalue weighted by molar-refractivity contribution is -0.161. The molecule has 0 spiro atoms. The van der Waals surface area contributed by atoms with Crippen LogP contribution >= 0.6 is 11.8 Å². The first-order chi connectivity index (χ1) is 10.2. The molecule has 2 saturated heterocycles. The summed E-state index contributed by atoms with van der Waals surface area (Å²) in [6.07, 6.45) is 0.926. The number of morpholine rings is 1. The van der Waals surface area contributed by atoms with Crippen LogP contribution in [0.1, 0.15) is 13.3 Å². The molecule has 0 radical (unpaired) electrons. The lowest BCUT2D eigenvalue weighted by Crippen LogP contribution is -2.52. The minimum Gasteiger partial charge on any atom is -0.459 e. The maximum Gasteiger partial charge on any atom is 0.397 e.